The Morgan fingerprint density at radius 1 is 1.80 bits per heavy atom. The maximum atomic E-state index is 12.1. The largest absolute Gasteiger partial charge is 0.351 e. The van der Waals surface area contributed by atoms with Crippen molar-refractivity contribution in [2.75, 3.05) is 6.61 Å². The molecule has 2 fully saturated rings. The Hall–Kier alpha value is -0.195. The number of carbonyl (C=O) groups is 1. The number of hydrogen-bond acceptors (Lipinski definition) is 4. The number of hydrogen-bond donors (Lipinski definition) is 0. The molecule has 2 aliphatic heterocycles. The van der Waals surface area contributed by atoms with Crippen LogP contribution in [0.3, 0.4) is 0 Å². The van der Waals surface area contributed by atoms with E-state index in [-0.39, 0.29) is 24.0 Å². The Morgan fingerprint density at radius 2 is 2.53 bits per heavy atom. The van der Waals surface area contributed by atoms with Crippen molar-refractivity contribution in [1.82, 2.24) is 4.90 Å². The van der Waals surface area contributed by atoms with Gasteiger partial charge >= 0.3 is 0 Å². The molecule has 0 aromatic rings. The van der Waals surface area contributed by atoms with E-state index in [2.05, 4.69) is 0 Å². The second-order valence-corrected chi connectivity index (χ2v) is 4.71. The molecule has 4 nitrogen and oxygen atoms in total. The molecule has 0 aliphatic carbocycles. The minimum atomic E-state index is -0.675. The molecule has 2 aliphatic rings. The van der Waals surface area contributed by atoms with Gasteiger partial charge in [0.2, 0.25) is 13.0 Å². The molecule has 2 rings (SSSR count). The molecule has 0 bridgehead atoms. The van der Waals surface area contributed by atoms with E-state index in [0.29, 0.717) is 6.61 Å². The third kappa shape index (κ3) is 1.42. The van der Waals surface area contributed by atoms with Crippen LogP contribution in [-0.2, 0) is 13.7 Å². The van der Waals surface area contributed by atoms with Gasteiger partial charge in [-0.1, -0.05) is 18.8 Å². The van der Waals surface area contributed by atoms with E-state index >= 15 is 0 Å². The lowest BCUT2D eigenvalue weighted by molar-refractivity contribution is -0.140. The summed E-state index contributed by atoms with van der Waals surface area (Å²) in [6.45, 7) is 6.25. The number of fused-ring (bicyclic) bond motifs is 1. The van der Waals surface area contributed by atoms with Crippen molar-refractivity contribution in [3.8, 4) is 0 Å². The van der Waals surface area contributed by atoms with E-state index in [4.69, 9.17) is 10.3 Å². The van der Waals surface area contributed by atoms with Crippen molar-refractivity contribution in [2.45, 2.75) is 38.6 Å². The van der Waals surface area contributed by atoms with Crippen LogP contribution in [0.2, 0.25) is 0 Å². The van der Waals surface area contributed by atoms with E-state index in [1.165, 1.54) is 0 Å². The Morgan fingerprint density at radius 3 is 3.20 bits per heavy atom. The summed E-state index contributed by atoms with van der Waals surface area (Å²) >= 11 is 0.943. The lowest BCUT2D eigenvalue weighted by Crippen LogP contribution is -2.47. The van der Waals surface area contributed by atoms with Crippen LogP contribution in [0.1, 0.15) is 20.8 Å². The Bertz CT molecular complexity index is 308. The SMILES string of the molecule is [3H][B]SO[C@@H]1[C@H](C)C(=O)N2[C@@H](C)CO[C@@]12C. The zero-order chi connectivity index (χ0) is 11.9. The number of nitrogens with zero attached hydrogens (tertiary/aromatic N) is 1. The van der Waals surface area contributed by atoms with Gasteiger partial charge in [0.1, 0.15) is 6.10 Å². The second-order valence-electron chi connectivity index (χ2n) is 4.32. The van der Waals surface area contributed by atoms with Gasteiger partial charge in [-0.15, -0.1) is 0 Å². The maximum absolute atomic E-state index is 12.1. The van der Waals surface area contributed by atoms with Crippen LogP contribution in [-0.4, -0.2) is 43.7 Å². The summed E-state index contributed by atoms with van der Waals surface area (Å²) in [4.78, 5) is 13.8. The van der Waals surface area contributed by atoms with Crippen LogP contribution < -0.4 is 0 Å². The first-order valence-electron chi connectivity index (χ1n) is 5.59. The number of ether oxygens (including phenoxy) is 1. The van der Waals surface area contributed by atoms with Crippen LogP contribution in [0.5, 0.6) is 0 Å². The summed E-state index contributed by atoms with van der Waals surface area (Å²) in [5.41, 5.74) is -0.675. The Balaban J connectivity index is 2.22. The monoisotopic (exact) mass is 230 g/mol. The van der Waals surface area contributed by atoms with E-state index < -0.39 is 5.72 Å². The summed E-state index contributed by atoms with van der Waals surface area (Å²) in [5, 5.41) is 0. The first-order chi connectivity index (χ1) is 7.52. The molecule has 0 aromatic heterocycles. The molecule has 1 amide bonds. The average molecular weight is 230 g/mol. The third-order valence-corrected chi connectivity index (χ3v) is 3.62. The van der Waals surface area contributed by atoms with E-state index in [0.717, 1.165) is 19.0 Å². The van der Waals surface area contributed by atoms with Gasteiger partial charge in [-0.05, 0) is 15.2 Å². The average Bonchev–Trinajstić information content (AvgIpc) is 2.63. The molecule has 0 N–H and O–H groups in total. The van der Waals surface area contributed by atoms with Crippen LogP contribution >= 0.6 is 11.9 Å². The topological polar surface area (TPSA) is 38.8 Å². The Labute approximate surface area is 96.5 Å². The number of carbonyl (C=O) groups excluding carboxylic acids is 1. The van der Waals surface area contributed by atoms with Crippen LogP contribution in [0.4, 0.5) is 0 Å². The van der Waals surface area contributed by atoms with E-state index in [1.54, 1.807) is 4.90 Å². The van der Waals surface area contributed by atoms with E-state index in [9.17, 15) is 4.79 Å². The molecule has 2 saturated heterocycles. The highest BCUT2D eigenvalue weighted by Crippen LogP contribution is 2.43. The second kappa shape index (κ2) is 3.68. The minimum Gasteiger partial charge on any atom is -0.351 e. The van der Waals surface area contributed by atoms with Gasteiger partial charge in [0.25, 0.3) is 0 Å². The van der Waals surface area contributed by atoms with Crippen molar-refractivity contribution in [3.05, 3.63) is 0 Å². The van der Waals surface area contributed by atoms with Gasteiger partial charge in [-0.3, -0.25) is 4.79 Å². The van der Waals surface area contributed by atoms with Crippen LogP contribution in [0, 0.1) is 5.92 Å². The van der Waals surface area contributed by atoms with Gasteiger partial charge < -0.3 is 13.8 Å². The molecule has 0 spiro atoms. The van der Waals surface area contributed by atoms with Crippen LogP contribution in [0.25, 0.3) is 0 Å². The summed E-state index contributed by atoms with van der Waals surface area (Å²) in [6.07, 6.45) is -0.323. The highest BCUT2D eigenvalue weighted by atomic mass is 32.2. The smallest absolute Gasteiger partial charge is 0.230 e. The van der Waals surface area contributed by atoms with Gasteiger partial charge in [-0.25, -0.2) is 0 Å². The fourth-order valence-electron chi connectivity index (χ4n) is 2.57. The molecule has 1 radical (unpaired) electrons. The number of amides is 1. The van der Waals surface area contributed by atoms with Crippen molar-refractivity contribution in [3.63, 3.8) is 0 Å². The fraction of sp³-hybridized carbons (Fsp3) is 0.889. The molecule has 0 saturated carbocycles. The standard InChI is InChI=1S/C9H15BNO3S/c1-5-4-13-9(3)7(14-15-10)6(2)8(12)11(5)9/h5-7,10H,4H2,1-3H3/t5-,6-,7+,9-/m0/s1/i10T. The zero-order valence-electron chi connectivity index (χ0n) is 10.1. The molecule has 0 aromatic carbocycles. The van der Waals surface area contributed by atoms with Crippen molar-refractivity contribution < 1.29 is 13.7 Å². The van der Waals surface area contributed by atoms with Crippen LogP contribution in [0.15, 0.2) is 0 Å². The normalized spacial score (nSPS) is 45.5. The molecule has 83 valence electrons. The molecule has 2 heterocycles. The molecule has 0 unspecified atom stereocenters. The van der Waals surface area contributed by atoms with Crippen molar-refractivity contribution in [2.24, 2.45) is 5.92 Å². The summed E-state index contributed by atoms with van der Waals surface area (Å²) < 4.78 is 18.2. The first kappa shape index (κ1) is 9.99. The molecule has 4 atom stereocenters. The summed E-state index contributed by atoms with van der Waals surface area (Å²) in [7, 11) is 1.11. The molecule has 6 heteroatoms. The van der Waals surface area contributed by atoms with Crippen molar-refractivity contribution >= 4 is 24.9 Å². The Kier molecular flexibility index (Phi) is 2.45. The minimum absolute atomic E-state index is 0.0723. The fourth-order valence-corrected chi connectivity index (χ4v) is 3.04. The quantitative estimate of drug-likeness (QED) is 0.521. The summed E-state index contributed by atoms with van der Waals surface area (Å²) in [6, 6.07) is 0.0959. The predicted molar refractivity (Wildman–Crippen MR) is 59.4 cm³/mol. The van der Waals surface area contributed by atoms with Gasteiger partial charge in [0, 0.05) is 0 Å². The molecular weight excluding hydrogens is 213 g/mol. The molecule has 15 heavy (non-hydrogen) atoms. The van der Waals surface area contributed by atoms with E-state index in [1.807, 2.05) is 20.8 Å². The maximum Gasteiger partial charge on any atom is 0.230 e. The third-order valence-electron chi connectivity index (χ3n) is 3.30. The van der Waals surface area contributed by atoms with Gasteiger partial charge in [0.15, 0.2) is 5.72 Å². The predicted octanol–water partition coefficient (Wildman–Crippen LogP) is 0.449. The van der Waals surface area contributed by atoms with Gasteiger partial charge in [-0.2, -0.15) is 0 Å². The zero-order valence-corrected chi connectivity index (χ0v) is 9.91. The molecular formula is C9H15BNO3S. The lowest BCUT2D eigenvalue weighted by atomic mass is 10.0. The highest BCUT2D eigenvalue weighted by molar-refractivity contribution is 8.15. The first-order valence-corrected chi connectivity index (χ1v) is 5.82. The highest BCUT2D eigenvalue weighted by Gasteiger charge is 2.60. The van der Waals surface area contributed by atoms with Gasteiger partial charge in [0.05, 0.1) is 18.6 Å². The summed E-state index contributed by atoms with van der Waals surface area (Å²) in [5.74, 6) is -0.150. The lowest BCUT2D eigenvalue weighted by Gasteiger charge is -2.32. The van der Waals surface area contributed by atoms with Crippen molar-refractivity contribution in [1.29, 1.82) is 1.34 Å². The number of rotatable bonds is 3.